The van der Waals surface area contributed by atoms with Crippen molar-refractivity contribution in [3.05, 3.63) is 57.0 Å². The Morgan fingerprint density at radius 3 is 2.37 bits per heavy atom. The zero-order valence-corrected chi connectivity index (χ0v) is 32.3. The average Bonchev–Trinajstić information content (AvgIpc) is 3.32. The van der Waals surface area contributed by atoms with Gasteiger partial charge in [-0.1, -0.05) is 19.6 Å². The molecule has 2 heterocycles. The van der Waals surface area contributed by atoms with Gasteiger partial charge in [-0.3, -0.25) is 4.31 Å². The van der Waals surface area contributed by atoms with E-state index in [4.69, 9.17) is 19.2 Å². The molecule has 1 N–H and O–H groups in total. The Morgan fingerprint density at radius 2 is 1.78 bits per heavy atom. The van der Waals surface area contributed by atoms with Crippen LogP contribution in [0.25, 0.3) is 22.2 Å². The van der Waals surface area contributed by atoms with Crippen molar-refractivity contribution in [2.45, 2.75) is 58.5 Å². The molecule has 2 aromatic carbocycles. The molecule has 0 amide bonds. The number of hydrogen-bond donors (Lipinski definition) is 1. The number of methoxy groups -OCH3 is 2. The molecule has 2 aromatic heterocycles. The molecule has 0 fully saturated rings. The summed E-state index contributed by atoms with van der Waals surface area (Å²) in [7, 11) is -2.35. The number of aromatic nitrogens is 3. The summed E-state index contributed by atoms with van der Waals surface area (Å²) in [6.45, 7) is 9.19. The van der Waals surface area contributed by atoms with Gasteiger partial charge in [-0.15, -0.1) is 0 Å². The van der Waals surface area contributed by atoms with E-state index >= 15 is 4.39 Å². The molecule has 0 aliphatic heterocycles. The van der Waals surface area contributed by atoms with Crippen LogP contribution >= 0.6 is 22.6 Å². The summed E-state index contributed by atoms with van der Waals surface area (Å²) < 4.78 is 101. The van der Waals surface area contributed by atoms with Gasteiger partial charge in [0.25, 0.3) is 0 Å². The number of ether oxygens (including phenoxy) is 3. The number of hydrogen-bond acceptors (Lipinski definition) is 8. The van der Waals surface area contributed by atoms with E-state index in [-0.39, 0.29) is 48.2 Å². The highest BCUT2D eigenvalue weighted by molar-refractivity contribution is 14.1. The molecule has 0 spiro atoms. The van der Waals surface area contributed by atoms with Gasteiger partial charge in [-0.2, -0.15) is 18.3 Å². The van der Waals surface area contributed by atoms with Crippen molar-refractivity contribution >= 4 is 63.1 Å². The van der Waals surface area contributed by atoms with E-state index in [2.05, 4.69) is 52.6 Å². The lowest BCUT2D eigenvalue weighted by molar-refractivity contribution is -0.127. The number of pyridine rings is 1. The smallest absolute Gasteiger partial charge is 0.393 e. The first-order chi connectivity index (χ1) is 22.8. The second kappa shape index (κ2) is 15.4. The van der Waals surface area contributed by atoms with Gasteiger partial charge in [0.1, 0.15) is 22.0 Å². The lowest BCUT2D eigenvalue weighted by atomic mass is 9.99. The van der Waals surface area contributed by atoms with Crippen LogP contribution in [0.15, 0.2) is 36.4 Å². The van der Waals surface area contributed by atoms with Crippen molar-refractivity contribution in [1.29, 1.82) is 0 Å². The number of halogens is 5. The number of alkyl halides is 3. The lowest BCUT2D eigenvalue weighted by Crippen LogP contribution is -2.30. The van der Waals surface area contributed by atoms with Crippen LogP contribution in [0, 0.1) is 9.52 Å². The van der Waals surface area contributed by atoms with Crippen molar-refractivity contribution in [3.8, 4) is 22.8 Å². The third kappa shape index (κ3) is 9.76. The minimum Gasteiger partial charge on any atom is -0.497 e. The summed E-state index contributed by atoms with van der Waals surface area (Å²) in [5, 5.41) is 8.47. The molecular formula is C32H40F4IN5O5SSi. The molecule has 0 aliphatic carbocycles. The second-order valence-corrected chi connectivity index (χ2v) is 21.2. The minimum absolute atomic E-state index is 0.0461. The van der Waals surface area contributed by atoms with Gasteiger partial charge in [0.05, 0.1) is 49.2 Å². The summed E-state index contributed by atoms with van der Waals surface area (Å²) in [5.41, 5.74) is 1.23. The fourth-order valence-corrected chi connectivity index (χ4v) is 7.78. The highest BCUT2D eigenvalue weighted by Crippen LogP contribution is 2.38. The van der Waals surface area contributed by atoms with E-state index in [0.29, 0.717) is 38.2 Å². The van der Waals surface area contributed by atoms with Gasteiger partial charge < -0.3 is 19.5 Å². The van der Waals surface area contributed by atoms with Crippen LogP contribution in [0.1, 0.15) is 18.1 Å². The second-order valence-electron chi connectivity index (χ2n) is 12.6. The van der Waals surface area contributed by atoms with Gasteiger partial charge >= 0.3 is 6.18 Å². The molecule has 49 heavy (non-hydrogen) atoms. The Balaban J connectivity index is 1.89. The van der Waals surface area contributed by atoms with E-state index in [1.54, 1.807) is 35.9 Å². The van der Waals surface area contributed by atoms with E-state index in [9.17, 15) is 21.6 Å². The number of fused-ring (bicyclic) bond motifs is 1. The molecule has 0 radical (unpaired) electrons. The summed E-state index contributed by atoms with van der Waals surface area (Å²) in [5.74, 6) is -0.440. The SMILES string of the molecule is CCN(c1ccc(OC)cc1CNc1nc(-c2cc(F)c(OC)cc2CC(F)(F)F)cc2c1c(I)nn2COCC[Si](C)(C)C)S(C)(=O)=O. The molecular weight excluding hydrogens is 797 g/mol. The number of nitrogens with one attached hydrogen (secondary N) is 1. The molecule has 0 aliphatic rings. The monoisotopic (exact) mass is 837 g/mol. The van der Waals surface area contributed by atoms with E-state index in [1.807, 2.05) is 0 Å². The Labute approximate surface area is 298 Å². The molecule has 0 saturated carbocycles. The molecule has 268 valence electrons. The highest BCUT2D eigenvalue weighted by atomic mass is 127. The predicted molar refractivity (Wildman–Crippen MR) is 194 cm³/mol. The van der Waals surface area contributed by atoms with E-state index in [0.717, 1.165) is 24.4 Å². The number of nitrogens with zero attached hydrogens (tertiary/aromatic N) is 4. The largest absolute Gasteiger partial charge is 0.497 e. The minimum atomic E-state index is -4.60. The van der Waals surface area contributed by atoms with Crippen LogP contribution in [0.5, 0.6) is 11.5 Å². The first-order valence-corrected chi connectivity index (χ1v) is 22.0. The highest BCUT2D eigenvalue weighted by Gasteiger charge is 2.31. The van der Waals surface area contributed by atoms with Crippen molar-refractivity contribution in [3.63, 3.8) is 0 Å². The molecule has 10 nitrogen and oxygen atoms in total. The molecule has 4 aromatic rings. The summed E-state index contributed by atoms with van der Waals surface area (Å²) in [6, 6.07) is 9.49. The van der Waals surface area contributed by atoms with Crippen molar-refractivity contribution < 1.29 is 40.2 Å². The lowest BCUT2D eigenvalue weighted by Gasteiger charge is -2.24. The van der Waals surface area contributed by atoms with Gasteiger partial charge in [0.15, 0.2) is 11.6 Å². The Kier molecular flexibility index (Phi) is 12.1. The van der Waals surface area contributed by atoms with Crippen LogP contribution in [0.4, 0.5) is 29.1 Å². The molecule has 0 saturated heterocycles. The first-order valence-electron chi connectivity index (χ1n) is 15.3. The fraction of sp³-hybridized carbons (Fsp3) is 0.438. The maximum absolute atomic E-state index is 15.1. The fourth-order valence-electron chi connectivity index (χ4n) is 5.23. The van der Waals surface area contributed by atoms with Crippen LogP contribution in [-0.2, 0) is 34.5 Å². The quantitative estimate of drug-likeness (QED) is 0.0563. The van der Waals surface area contributed by atoms with Gasteiger partial charge in [-0.25, -0.2) is 22.5 Å². The zero-order valence-electron chi connectivity index (χ0n) is 28.3. The van der Waals surface area contributed by atoms with Crippen LogP contribution in [0.2, 0.25) is 25.7 Å². The topological polar surface area (TPSA) is 108 Å². The first kappa shape index (κ1) is 38.6. The van der Waals surface area contributed by atoms with E-state index in [1.165, 1.54) is 18.5 Å². The third-order valence-corrected chi connectivity index (χ3v) is 11.3. The molecule has 0 atom stereocenters. The molecule has 17 heteroatoms. The molecule has 4 rings (SSSR count). The van der Waals surface area contributed by atoms with Crippen LogP contribution in [0.3, 0.4) is 0 Å². The number of benzene rings is 2. The van der Waals surface area contributed by atoms with Gasteiger partial charge in [-0.05, 0) is 83.1 Å². The standard InChI is InChI=1S/C32H40F4IN5O5SSi/c1-8-42(48(4,43)44)26-10-9-22(45-2)13-21(26)18-38-31-29-27(41(40-30(29)37)19-47-11-12-49(5,6)7)16-25(39-31)23-15-24(33)28(46-3)14-20(23)17-32(34,35)36/h9-10,13-16H,8,11-12,17-19H2,1-7H3,(H,38,39). The molecule has 0 bridgehead atoms. The summed E-state index contributed by atoms with van der Waals surface area (Å²) in [6.07, 6.45) is -4.83. The van der Waals surface area contributed by atoms with E-state index < -0.39 is 36.5 Å². The van der Waals surface area contributed by atoms with Crippen molar-refractivity contribution in [2.24, 2.45) is 0 Å². The van der Waals surface area contributed by atoms with Gasteiger partial charge in [0, 0.05) is 33.3 Å². The Bertz CT molecular complexity index is 1920. The predicted octanol–water partition coefficient (Wildman–Crippen LogP) is 7.67. The normalized spacial score (nSPS) is 12.4. The summed E-state index contributed by atoms with van der Waals surface area (Å²) in [4.78, 5) is 4.72. The van der Waals surface area contributed by atoms with Crippen LogP contribution in [-0.4, -0.2) is 71.1 Å². The average molecular weight is 838 g/mol. The maximum Gasteiger partial charge on any atom is 0.393 e. The maximum atomic E-state index is 15.1. The Morgan fingerprint density at radius 1 is 1.06 bits per heavy atom. The van der Waals surface area contributed by atoms with Crippen molar-refractivity contribution in [2.75, 3.05) is 43.2 Å². The number of anilines is 2. The third-order valence-electron chi connectivity index (χ3n) is 7.64. The number of rotatable bonds is 15. The van der Waals surface area contributed by atoms with Crippen LogP contribution < -0.4 is 19.1 Å². The zero-order chi connectivity index (χ0) is 36.3. The number of sulfonamides is 1. The molecule has 0 unspecified atom stereocenters. The summed E-state index contributed by atoms with van der Waals surface area (Å²) >= 11 is 2.05. The van der Waals surface area contributed by atoms with Gasteiger partial charge in [0.2, 0.25) is 10.0 Å². The van der Waals surface area contributed by atoms with Crippen molar-refractivity contribution in [1.82, 2.24) is 14.8 Å². The Hall–Kier alpha value is -3.16.